The Labute approximate surface area is 81.8 Å². The zero-order valence-corrected chi connectivity index (χ0v) is 9.14. The van der Waals surface area contributed by atoms with Crippen LogP contribution in [-0.4, -0.2) is 25.0 Å². The lowest BCUT2D eigenvalue weighted by molar-refractivity contribution is 0.147. The van der Waals surface area contributed by atoms with Gasteiger partial charge in [-0.05, 0) is 57.7 Å². The molecule has 1 aliphatic carbocycles. The fourth-order valence-electron chi connectivity index (χ4n) is 3.08. The molecule has 0 radical (unpaired) electrons. The van der Waals surface area contributed by atoms with E-state index in [1.54, 1.807) is 5.57 Å². The van der Waals surface area contributed by atoms with Gasteiger partial charge in [0.15, 0.2) is 0 Å². The zero-order chi connectivity index (χ0) is 9.47. The summed E-state index contributed by atoms with van der Waals surface area (Å²) in [6, 6.07) is 0. The fourth-order valence-corrected chi connectivity index (χ4v) is 3.08. The molecule has 13 heavy (non-hydrogen) atoms. The van der Waals surface area contributed by atoms with Crippen LogP contribution in [0.3, 0.4) is 0 Å². The molecule has 1 spiro atoms. The summed E-state index contributed by atoms with van der Waals surface area (Å²) in [4.78, 5) is 2.46. The Bertz CT molecular complexity index is 221. The maximum absolute atomic E-state index is 2.49. The highest BCUT2D eigenvalue weighted by Crippen LogP contribution is 2.48. The van der Waals surface area contributed by atoms with Crippen molar-refractivity contribution in [3.63, 3.8) is 0 Å². The molecule has 0 amide bonds. The molecule has 1 aliphatic heterocycles. The first kappa shape index (κ1) is 9.26. The summed E-state index contributed by atoms with van der Waals surface area (Å²) >= 11 is 0. The average molecular weight is 179 g/mol. The molecule has 2 aliphatic rings. The van der Waals surface area contributed by atoms with E-state index in [9.17, 15) is 0 Å². The van der Waals surface area contributed by atoms with E-state index in [2.05, 4.69) is 31.9 Å². The van der Waals surface area contributed by atoms with Gasteiger partial charge >= 0.3 is 0 Å². The van der Waals surface area contributed by atoms with Gasteiger partial charge in [-0.2, -0.15) is 0 Å². The van der Waals surface area contributed by atoms with Crippen LogP contribution in [0.4, 0.5) is 0 Å². The molecular weight excluding hydrogens is 158 g/mol. The van der Waals surface area contributed by atoms with Crippen molar-refractivity contribution in [3.8, 4) is 0 Å². The van der Waals surface area contributed by atoms with Gasteiger partial charge in [0.1, 0.15) is 0 Å². The maximum atomic E-state index is 2.49. The normalized spacial score (nSPS) is 33.8. The van der Waals surface area contributed by atoms with E-state index >= 15 is 0 Å². The van der Waals surface area contributed by atoms with Gasteiger partial charge in [0.25, 0.3) is 0 Å². The molecule has 0 N–H and O–H groups in total. The standard InChI is InChI=1S/C12H21N/c1-10-8-11(2)12(9-10)4-6-13(3)7-5-12/h8,10H,4-7,9H2,1-3H3. The first-order chi connectivity index (χ1) is 6.12. The molecule has 0 aromatic heterocycles. The predicted octanol–water partition coefficient (Wildman–Crippen LogP) is 2.68. The van der Waals surface area contributed by atoms with Crippen LogP contribution in [0.1, 0.15) is 33.1 Å². The highest BCUT2D eigenvalue weighted by Gasteiger charge is 2.39. The molecule has 1 heterocycles. The first-order valence-electron chi connectivity index (χ1n) is 5.50. The quantitative estimate of drug-likeness (QED) is 0.517. The van der Waals surface area contributed by atoms with Crippen molar-refractivity contribution in [1.82, 2.24) is 4.90 Å². The Kier molecular flexibility index (Phi) is 2.23. The van der Waals surface area contributed by atoms with Crippen molar-refractivity contribution in [3.05, 3.63) is 11.6 Å². The molecule has 1 unspecified atom stereocenters. The Morgan fingerprint density at radius 3 is 2.46 bits per heavy atom. The maximum Gasteiger partial charge on any atom is -0.00134 e. The Balaban J connectivity index is 2.10. The Morgan fingerprint density at radius 1 is 1.38 bits per heavy atom. The second-order valence-electron chi connectivity index (χ2n) is 5.11. The highest BCUT2D eigenvalue weighted by molar-refractivity contribution is 5.21. The molecule has 1 heteroatoms. The van der Waals surface area contributed by atoms with Crippen molar-refractivity contribution in [1.29, 1.82) is 0 Å². The third kappa shape index (κ3) is 1.54. The van der Waals surface area contributed by atoms with Gasteiger partial charge in [0.05, 0.1) is 0 Å². The molecule has 2 rings (SSSR count). The summed E-state index contributed by atoms with van der Waals surface area (Å²) in [6.45, 7) is 7.28. The smallest absolute Gasteiger partial charge is 0.00134 e. The summed E-state index contributed by atoms with van der Waals surface area (Å²) in [5.41, 5.74) is 2.28. The van der Waals surface area contributed by atoms with E-state index in [0.717, 1.165) is 5.92 Å². The van der Waals surface area contributed by atoms with Crippen LogP contribution in [0.15, 0.2) is 11.6 Å². The van der Waals surface area contributed by atoms with Crippen LogP contribution in [0.5, 0.6) is 0 Å². The summed E-state index contributed by atoms with van der Waals surface area (Å²) in [5, 5.41) is 0. The van der Waals surface area contributed by atoms with Gasteiger partial charge in [0.2, 0.25) is 0 Å². The number of likely N-dealkylation sites (tertiary alicyclic amines) is 1. The Hall–Kier alpha value is -0.300. The van der Waals surface area contributed by atoms with E-state index in [1.807, 2.05) is 0 Å². The number of hydrogen-bond acceptors (Lipinski definition) is 1. The minimum atomic E-state index is 0.603. The van der Waals surface area contributed by atoms with Crippen LogP contribution in [0, 0.1) is 11.3 Å². The topological polar surface area (TPSA) is 3.24 Å². The molecule has 0 bridgehead atoms. The van der Waals surface area contributed by atoms with E-state index in [-0.39, 0.29) is 0 Å². The van der Waals surface area contributed by atoms with Crippen molar-refractivity contribution >= 4 is 0 Å². The van der Waals surface area contributed by atoms with Gasteiger partial charge in [-0.15, -0.1) is 0 Å². The second kappa shape index (κ2) is 3.13. The third-order valence-electron chi connectivity index (χ3n) is 4.03. The van der Waals surface area contributed by atoms with Gasteiger partial charge in [-0.1, -0.05) is 18.6 Å². The van der Waals surface area contributed by atoms with Gasteiger partial charge in [0, 0.05) is 0 Å². The minimum absolute atomic E-state index is 0.603. The van der Waals surface area contributed by atoms with E-state index in [0.29, 0.717) is 5.41 Å². The lowest BCUT2D eigenvalue weighted by Crippen LogP contribution is -2.37. The number of allylic oxidation sites excluding steroid dienone is 2. The first-order valence-corrected chi connectivity index (χ1v) is 5.50. The fraction of sp³-hybridized carbons (Fsp3) is 0.833. The van der Waals surface area contributed by atoms with Gasteiger partial charge < -0.3 is 4.90 Å². The van der Waals surface area contributed by atoms with Crippen molar-refractivity contribution in [2.75, 3.05) is 20.1 Å². The minimum Gasteiger partial charge on any atom is -0.306 e. The van der Waals surface area contributed by atoms with E-state index in [1.165, 1.54) is 32.4 Å². The molecule has 0 aromatic rings. The summed E-state index contributed by atoms with van der Waals surface area (Å²) in [5.74, 6) is 0.823. The average Bonchev–Trinajstić information content (AvgIpc) is 2.34. The van der Waals surface area contributed by atoms with Crippen molar-refractivity contribution in [2.24, 2.45) is 11.3 Å². The molecule has 1 atom stereocenters. The molecule has 0 aromatic carbocycles. The second-order valence-corrected chi connectivity index (χ2v) is 5.11. The van der Waals surface area contributed by atoms with Crippen LogP contribution in [-0.2, 0) is 0 Å². The van der Waals surface area contributed by atoms with Gasteiger partial charge in [-0.3, -0.25) is 0 Å². The Morgan fingerprint density at radius 2 is 2.00 bits per heavy atom. The van der Waals surface area contributed by atoms with Crippen LogP contribution < -0.4 is 0 Å². The van der Waals surface area contributed by atoms with Gasteiger partial charge in [-0.25, -0.2) is 0 Å². The van der Waals surface area contributed by atoms with E-state index in [4.69, 9.17) is 0 Å². The van der Waals surface area contributed by atoms with E-state index < -0.39 is 0 Å². The third-order valence-corrected chi connectivity index (χ3v) is 4.03. The molecule has 0 saturated carbocycles. The molecule has 1 nitrogen and oxygen atoms in total. The summed E-state index contributed by atoms with van der Waals surface area (Å²) in [7, 11) is 2.24. The summed E-state index contributed by atoms with van der Waals surface area (Å²) in [6.07, 6.45) is 6.67. The van der Waals surface area contributed by atoms with Crippen molar-refractivity contribution < 1.29 is 0 Å². The number of piperidine rings is 1. The SMILES string of the molecule is CC1=CC(C)CC12CCN(C)CC2. The molecule has 74 valence electrons. The lowest BCUT2D eigenvalue weighted by Gasteiger charge is -2.39. The largest absolute Gasteiger partial charge is 0.306 e. The predicted molar refractivity (Wildman–Crippen MR) is 56.7 cm³/mol. The van der Waals surface area contributed by atoms with Crippen LogP contribution in [0.2, 0.25) is 0 Å². The molecular formula is C12H21N. The zero-order valence-electron chi connectivity index (χ0n) is 9.14. The van der Waals surface area contributed by atoms with Crippen LogP contribution >= 0.6 is 0 Å². The number of nitrogens with zero attached hydrogens (tertiary/aromatic N) is 1. The number of rotatable bonds is 0. The van der Waals surface area contributed by atoms with Crippen LogP contribution in [0.25, 0.3) is 0 Å². The lowest BCUT2D eigenvalue weighted by atomic mass is 9.73. The van der Waals surface area contributed by atoms with Crippen molar-refractivity contribution in [2.45, 2.75) is 33.1 Å². The summed E-state index contributed by atoms with van der Waals surface area (Å²) < 4.78 is 0. The number of hydrogen-bond donors (Lipinski definition) is 0. The highest BCUT2D eigenvalue weighted by atomic mass is 15.1. The molecule has 1 saturated heterocycles. The monoisotopic (exact) mass is 179 g/mol. The molecule has 1 fully saturated rings.